The average Bonchev–Trinajstić information content (AvgIpc) is 3.25. The van der Waals surface area contributed by atoms with Gasteiger partial charge in [-0.1, -0.05) is 74.5 Å². The highest BCUT2D eigenvalue weighted by atomic mass is 32.2. The second kappa shape index (κ2) is 11.2. The molecule has 3 aromatic rings. The molecule has 1 atom stereocenters. The van der Waals surface area contributed by atoms with Crippen molar-refractivity contribution in [2.24, 2.45) is 0 Å². The Kier molecular flexibility index (Phi) is 7.90. The Labute approximate surface area is 204 Å². The summed E-state index contributed by atoms with van der Waals surface area (Å²) in [4.78, 5) is 17.7. The van der Waals surface area contributed by atoms with Crippen molar-refractivity contribution in [1.29, 1.82) is 0 Å². The fraction of sp³-hybridized carbons (Fsp3) is 0.346. The number of nitrogens with one attached hydrogen (secondary N) is 1. The number of hydrogen-bond donors (Lipinski definition) is 1. The molecule has 1 aliphatic rings. The van der Waals surface area contributed by atoms with Crippen molar-refractivity contribution < 1.29 is 14.3 Å². The molecule has 2 heterocycles. The minimum Gasteiger partial charge on any atom is -0.489 e. The number of hydrogen-bond acceptors (Lipinski definition) is 7. The van der Waals surface area contributed by atoms with Gasteiger partial charge < -0.3 is 14.8 Å². The van der Waals surface area contributed by atoms with Gasteiger partial charge >= 0.3 is 5.97 Å². The van der Waals surface area contributed by atoms with E-state index in [2.05, 4.69) is 24.1 Å². The van der Waals surface area contributed by atoms with E-state index in [1.165, 1.54) is 0 Å². The summed E-state index contributed by atoms with van der Waals surface area (Å²) >= 11 is 1.56. The van der Waals surface area contributed by atoms with E-state index in [1.807, 2.05) is 61.5 Å². The number of fused-ring (bicyclic) bond motifs is 1. The van der Waals surface area contributed by atoms with E-state index in [1.54, 1.807) is 16.4 Å². The number of nitrogens with zero attached hydrogens (tertiary/aromatic N) is 3. The molecule has 1 N–H and O–H groups in total. The fourth-order valence-corrected chi connectivity index (χ4v) is 4.32. The molecule has 2 aromatic carbocycles. The first-order valence-corrected chi connectivity index (χ1v) is 12.6. The summed E-state index contributed by atoms with van der Waals surface area (Å²) in [7, 11) is 0. The molecular formula is C26H30N4O3S. The van der Waals surface area contributed by atoms with Gasteiger partial charge in [0.05, 0.1) is 12.2 Å². The van der Waals surface area contributed by atoms with Crippen LogP contribution in [0.25, 0.3) is 0 Å². The van der Waals surface area contributed by atoms with Gasteiger partial charge in [0.15, 0.2) is 0 Å². The largest absolute Gasteiger partial charge is 0.489 e. The molecule has 34 heavy (non-hydrogen) atoms. The second-order valence-electron chi connectivity index (χ2n) is 7.99. The van der Waals surface area contributed by atoms with Gasteiger partial charge in [0.1, 0.15) is 18.4 Å². The van der Waals surface area contributed by atoms with Crippen molar-refractivity contribution in [3.63, 3.8) is 0 Å². The highest BCUT2D eigenvalue weighted by molar-refractivity contribution is 7.99. The highest BCUT2D eigenvalue weighted by Crippen LogP contribution is 2.37. The van der Waals surface area contributed by atoms with E-state index in [9.17, 15) is 4.79 Å². The fourth-order valence-electron chi connectivity index (χ4n) is 3.77. The molecule has 178 valence electrons. The Bertz CT molecular complexity index is 1140. The van der Waals surface area contributed by atoms with Crippen molar-refractivity contribution in [2.75, 3.05) is 17.7 Å². The molecular weight excluding hydrogens is 448 g/mol. The van der Waals surface area contributed by atoms with Crippen LogP contribution in [0.4, 0.5) is 5.95 Å². The quantitative estimate of drug-likeness (QED) is 0.231. The first-order valence-electron chi connectivity index (χ1n) is 11.6. The number of benzene rings is 2. The Hall–Kier alpha value is -3.26. The first-order chi connectivity index (χ1) is 16.6. The number of carbonyl (C=O) groups excluding carboxylic acids is 1. The van der Waals surface area contributed by atoms with Crippen LogP contribution in [0.15, 0.2) is 71.0 Å². The number of aromatic nitrogens is 3. The van der Waals surface area contributed by atoms with Crippen LogP contribution in [0.3, 0.4) is 0 Å². The van der Waals surface area contributed by atoms with Crippen LogP contribution in [0, 0.1) is 0 Å². The summed E-state index contributed by atoms with van der Waals surface area (Å²) < 4.78 is 13.3. The van der Waals surface area contributed by atoms with Gasteiger partial charge in [-0.2, -0.15) is 4.98 Å². The minimum atomic E-state index is -0.438. The number of unbranched alkanes of at least 4 members (excludes halogenated alkanes) is 1. The third-order valence-electron chi connectivity index (χ3n) is 5.50. The van der Waals surface area contributed by atoms with Gasteiger partial charge in [-0.05, 0) is 42.4 Å². The third-order valence-corrected chi connectivity index (χ3v) is 6.22. The van der Waals surface area contributed by atoms with Crippen molar-refractivity contribution >= 4 is 23.7 Å². The Morgan fingerprint density at radius 3 is 2.59 bits per heavy atom. The maximum absolute atomic E-state index is 13.1. The van der Waals surface area contributed by atoms with Gasteiger partial charge in [0.2, 0.25) is 11.1 Å². The molecule has 0 saturated carbocycles. The number of anilines is 1. The zero-order chi connectivity index (χ0) is 23.9. The Morgan fingerprint density at radius 2 is 1.88 bits per heavy atom. The van der Waals surface area contributed by atoms with E-state index in [0.29, 0.717) is 29.9 Å². The zero-order valence-electron chi connectivity index (χ0n) is 19.8. The van der Waals surface area contributed by atoms with E-state index in [0.717, 1.165) is 41.2 Å². The lowest BCUT2D eigenvalue weighted by Gasteiger charge is -2.28. The molecule has 8 heteroatoms. The molecule has 1 aliphatic heterocycles. The molecule has 0 bridgehead atoms. The van der Waals surface area contributed by atoms with Crippen LogP contribution < -0.4 is 10.1 Å². The first kappa shape index (κ1) is 23.9. The summed E-state index contributed by atoms with van der Waals surface area (Å²) in [5.41, 5.74) is 3.28. The van der Waals surface area contributed by atoms with Crippen LogP contribution >= 0.6 is 11.8 Å². The molecule has 1 aromatic heterocycles. The average molecular weight is 479 g/mol. The summed E-state index contributed by atoms with van der Waals surface area (Å²) in [5, 5.41) is 8.61. The number of ether oxygens (including phenoxy) is 2. The summed E-state index contributed by atoms with van der Waals surface area (Å²) in [5.74, 6) is 1.90. The molecule has 0 amide bonds. The standard InChI is InChI=1S/C26H30N4O3S/c1-4-6-16-32-24(31)22-18(3)27-25-28-26(34-5-2)29-30(25)23(22)20-12-14-21(15-13-20)33-17-19-10-8-7-9-11-19/h7-15,23H,4-6,16-17H2,1-3H3,(H,27,28,29). The lowest BCUT2D eigenvalue weighted by Crippen LogP contribution is -2.29. The van der Waals surface area contributed by atoms with Crippen molar-refractivity contribution in [3.05, 3.63) is 77.0 Å². The number of carbonyl (C=O) groups is 1. The SMILES string of the molecule is CCCCOC(=O)C1=C(C)Nc2nc(SCC)nn2C1c1ccc(OCc2ccccc2)cc1. The zero-order valence-corrected chi connectivity index (χ0v) is 20.6. The summed E-state index contributed by atoms with van der Waals surface area (Å²) in [6.07, 6.45) is 1.79. The van der Waals surface area contributed by atoms with Crippen molar-refractivity contribution in [2.45, 2.75) is 51.4 Å². The number of allylic oxidation sites excluding steroid dienone is 1. The Morgan fingerprint density at radius 1 is 1.12 bits per heavy atom. The van der Waals surface area contributed by atoms with Gasteiger partial charge in [-0.25, -0.2) is 9.48 Å². The van der Waals surface area contributed by atoms with E-state index < -0.39 is 6.04 Å². The summed E-state index contributed by atoms with van der Waals surface area (Å²) in [6.45, 7) is 6.90. The number of rotatable bonds is 10. The lowest BCUT2D eigenvalue weighted by molar-refractivity contribution is -0.139. The molecule has 0 fully saturated rings. The topological polar surface area (TPSA) is 78.3 Å². The predicted octanol–water partition coefficient (Wildman–Crippen LogP) is 5.60. The molecule has 0 saturated heterocycles. The molecule has 4 rings (SSSR count). The van der Waals surface area contributed by atoms with Crippen LogP contribution in [-0.2, 0) is 16.1 Å². The normalized spacial score (nSPS) is 15.0. The molecule has 1 unspecified atom stereocenters. The van der Waals surface area contributed by atoms with Gasteiger partial charge in [-0.15, -0.1) is 5.10 Å². The lowest BCUT2D eigenvalue weighted by atomic mass is 9.96. The van der Waals surface area contributed by atoms with Crippen molar-refractivity contribution in [3.8, 4) is 5.75 Å². The van der Waals surface area contributed by atoms with E-state index >= 15 is 0 Å². The maximum atomic E-state index is 13.1. The van der Waals surface area contributed by atoms with E-state index in [4.69, 9.17) is 14.6 Å². The number of esters is 1. The molecule has 0 radical (unpaired) electrons. The molecule has 0 aliphatic carbocycles. The second-order valence-corrected chi connectivity index (χ2v) is 9.23. The van der Waals surface area contributed by atoms with Crippen LogP contribution in [0.2, 0.25) is 0 Å². The van der Waals surface area contributed by atoms with Gasteiger partial charge in [-0.3, -0.25) is 0 Å². The molecule has 7 nitrogen and oxygen atoms in total. The summed E-state index contributed by atoms with van der Waals surface area (Å²) in [6, 6.07) is 17.4. The predicted molar refractivity (Wildman–Crippen MR) is 134 cm³/mol. The van der Waals surface area contributed by atoms with Crippen molar-refractivity contribution in [1.82, 2.24) is 14.8 Å². The monoisotopic (exact) mass is 478 g/mol. The van der Waals surface area contributed by atoms with E-state index in [-0.39, 0.29) is 5.97 Å². The third kappa shape index (κ3) is 5.44. The minimum absolute atomic E-state index is 0.335. The van der Waals surface area contributed by atoms with Crippen LogP contribution in [0.1, 0.15) is 50.8 Å². The molecule has 0 spiro atoms. The van der Waals surface area contributed by atoms with Crippen LogP contribution in [0.5, 0.6) is 5.75 Å². The Balaban J connectivity index is 1.62. The number of thioether (sulfide) groups is 1. The smallest absolute Gasteiger partial charge is 0.338 e. The maximum Gasteiger partial charge on any atom is 0.338 e. The van der Waals surface area contributed by atoms with Gasteiger partial charge in [0, 0.05) is 5.70 Å². The highest BCUT2D eigenvalue weighted by Gasteiger charge is 2.35. The van der Waals surface area contributed by atoms with Crippen LogP contribution in [-0.4, -0.2) is 33.1 Å². The van der Waals surface area contributed by atoms with Gasteiger partial charge in [0.25, 0.3) is 0 Å².